The van der Waals surface area contributed by atoms with Crippen LogP contribution in [0.5, 0.6) is 0 Å². The maximum Gasteiger partial charge on any atom is 0.184 e. The standard InChI is InChI=1S/C23H40OSi/c1-7-8-9-10-11-12-14-19(2)20-16-17-21-22(24-25(4,5)6)15-13-18-23(20,21)3/h11,14,16,19,21-22H,7-10,13,15,17-18H2,1-6H3/t12?,19-,21+,22+,23-/m1/s1. The summed E-state index contributed by atoms with van der Waals surface area (Å²) in [7, 11) is -1.47. The molecule has 0 unspecified atom stereocenters. The Morgan fingerprint density at radius 2 is 2.12 bits per heavy atom. The lowest BCUT2D eigenvalue weighted by atomic mass is 9.63. The maximum atomic E-state index is 6.60. The first kappa shape index (κ1) is 20.7. The van der Waals surface area contributed by atoms with Gasteiger partial charge in [0, 0.05) is 12.0 Å². The molecule has 1 fully saturated rings. The van der Waals surface area contributed by atoms with Crippen molar-refractivity contribution in [2.24, 2.45) is 17.3 Å². The van der Waals surface area contributed by atoms with Gasteiger partial charge in [-0.1, -0.05) is 51.7 Å². The lowest BCUT2D eigenvalue weighted by Gasteiger charge is -2.46. The number of fused-ring (bicyclic) bond motifs is 1. The van der Waals surface area contributed by atoms with Crippen molar-refractivity contribution >= 4 is 8.32 Å². The summed E-state index contributed by atoms with van der Waals surface area (Å²) < 4.78 is 6.60. The summed E-state index contributed by atoms with van der Waals surface area (Å²) in [5.41, 5.74) is 5.45. The highest BCUT2D eigenvalue weighted by atomic mass is 28.4. The lowest BCUT2D eigenvalue weighted by Crippen LogP contribution is -2.45. The molecule has 142 valence electrons. The van der Waals surface area contributed by atoms with Crippen LogP contribution in [0.15, 0.2) is 29.5 Å². The number of hydrogen-bond donors (Lipinski definition) is 0. The number of rotatable bonds is 8. The molecule has 0 aliphatic heterocycles. The van der Waals surface area contributed by atoms with Gasteiger partial charge in [0.2, 0.25) is 0 Å². The zero-order chi connectivity index (χ0) is 18.5. The molecule has 0 saturated heterocycles. The average Bonchev–Trinajstić information content (AvgIpc) is 2.87. The minimum absolute atomic E-state index is 0.336. The van der Waals surface area contributed by atoms with E-state index in [1.54, 1.807) is 5.57 Å². The van der Waals surface area contributed by atoms with E-state index in [1.807, 2.05) is 0 Å². The Balaban J connectivity index is 2.02. The van der Waals surface area contributed by atoms with Crippen LogP contribution in [0.25, 0.3) is 0 Å². The third kappa shape index (κ3) is 5.45. The molecule has 1 nitrogen and oxygen atoms in total. The first-order valence-electron chi connectivity index (χ1n) is 10.6. The zero-order valence-electron chi connectivity index (χ0n) is 17.5. The van der Waals surface area contributed by atoms with Crippen LogP contribution in [0.2, 0.25) is 19.6 Å². The van der Waals surface area contributed by atoms with Crippen LogP contribution in [-0.4, -0.2) is 14.4 Å². The van der Waals surface area contributed by atoms with Gasteiger partial charge >= 0.3 is 0 Å². The Morgan fingerprint density at radius 3 is 2.80 bits per heavy atom. The fourth-order valence-corrected chi connectivity index (χ4v) is 6.10. The Kier molecular flexibility index (Phi) is 7.37. The largest absolute Gasteiger partial charge is 0.414 e. The summed E-state index contributed by atoms with van der Waals surface area (Å²) in [6.45, 7) is 14.1. The molecule has 0 amide bonds. The van der Waals surface area contributed by atoms with E-state index in [0.717, 1.165) is 0 Å². The van der Waals surface area contributed by atoms with Crippen LogP contribution in [-0.2, 0) is 4.43 Å². The monoisotopic (exact) mass is 360 g/mol. The van der Waals surface area contributed by atoms with Gasteiger partial charge in [0.1, 0.15) is 0 Å². The van der Waals surface area contributed by atoms with Crippen molar-refractivity contribution in [3.63, 3.8) is 0 Å². The maximum absolute atomic E-state index is 6.60. The van der Waals surface area contributed by atoms with Gasteiger partial charge in [-0.15, -0.1) is 5.73 Å². The van der Waals surface area contributed by atoms with Gasteiger partial charge in [0.05, 0.1) is 0 Å². The lowest BCUT2D eigenvalue weighted by molar-refractivity contribution is 0.0212. The summed E-state index contributed by atoms with van der Waals surface area (Å²) in [6, 6.07) is 0. The van der Waals surface area contributed by atoms with Crippen LogP contribution in [0.1, 0.15) is 72.1 Å². The van der Waals surface area contributed by atoms with Crippen LogP contribution >= 0.6 is 0 Å². The molecule has 0 N–H and O–H groups in total. The Bertz CT molecular complexity index is 521. The quantitative estimate of drug-likeness (QED) is 0.191. The van der Waals surface area contributed by atoms with E-state index in [-0.39, 0.29) is 0 Å². The number of allylic oxidation sites excluding steroid dienone is 3. The molecule has 0 aromatic heterocycles. The molecule has 2 aliphatic rings. The molecular formula is C23H40OSi. The van der Waals surface area contributed by atoms with Gasteiger partial charge < -0.3 is 4.43 Å². The van der Waals surface area contributed by atoms with Crippen molar-refractivity contribution < 1.29 is 4.43 Å². The minimum Gasteiger partial charge on any atom is -0.414 e. The minimum atomic E-state index is -1.47. The summed E-state index contributed by atoms with van der Waals surface area (Å²) in [6.07, 6.45) is 17.7. The van der Waals surface area contributed by atoms with Gasteiger partial charge in [0.15, 0.2) is 8.32 Å². The van der Waals surface area contributed by atoms with Crippen LogP contribution < -0.4 is 0 Å². The van der Waals surface area contributed by atoms with E-state index < -0.39 is 8.32 Å². The van der Waals surface area contributed by atoms with Crippen molar-refractivity contribution in [3.05, 3.63) is 29.5 Å². The van der Waals surface area contributed by atoms with Crippen molar-refractivity contribution in [2.75, 3.05) is 0 Å². The molecule has 4 atom stereocenters. The van der Waals surface area contributed by atoms with Gasteiger partial charge in [-0.05, 0) is 75.2 Å². The summed E-state index contributed by atoms with van der Waals surface area (Å²) in [5, 5.41) is 0. The van der Waals surface area contributed by atoms with Crippen LogP contribution in [0.4, 0.5) is 0 Å². The van der Waals surface area contributed by atoms with Crippen molar-refractivity contribution in [1.82, 2.24) is 0 Å². The smallest absolute Gasteiger partial charge is 0.184 e. The molecule has 1 saturated carbocycles. The predicted octanol–water partition coefficient (Wildman–Crippen LogP) is 7.27. The molecule has 25 heavy (non-hydrogen) atoms. The zero-order valence-corrected chi connectivity index (χ0v) is 18.5. The van der Waals surface area contributed by atoms with Gasteiger partial charge in [-0.2, -0.15) is 0 Å². The normalized spacial score (nSPS) is 30.2. The van der Waals surface area contributed by atoms with E-state index in [1.165, 1.54) is 51.4 Å². The Morgan fingerprint density at radius 1 is 1.36 bits per heavy atom. The number of hydrogen-bond acceptors (Lipinski definition) is 1. The van der Waals surface area contributed by atoms with Crippen molar-refractivity contribution in [2.45, 2.75) is 97.9 Å². The summed E-state index contributed by atoms with van der Waals surface area (Å²) in [4.78, 5) is 0. The fraction of sp³-hybridized carbons (Fsp3) is 0.783. The molecule has 2 aliphatic carbocycles. The van der Waals surface area contributed by atoms with Crippen LogP contribution in [0.3, 0.4) is 0 Å². The first-order valence-corrected chi connectivity index (χ1v) is 14.0. The second-order valence-corrected chi connectivity index (χ2v) is 13.9. The van der Waals surface area contributed by atoms with E-state index in [9.17, 15) is 0 Å². The van der Waals surface area contributed by atoms with E-state index in [4.69, 9.17) is 4.43 Å². The molecule has 0 bridgehead atoms. The highest BCUT2D eigenvalue weighted by Gasteiger charge is 2.49. The Labute approximate surface area is 157 Å². The van der Waals surface area contributed by atoms with E-state index in [2.05, 4.69) is 64.4 Å². The van der Waals surface area contributed by atoms with E-state index >= 15 is 0 Å². The molecule has 2 rings (SSSR count). The third-order valence-electron chi connectivity index (χ3n) is 6.11. The molecule has 0 spiro atoms. The predicted molar refractivity (Wildman–Crippen MR) is 112 cm³/mol. The molecule has 0 aromatic carbocycles. The molecule has 0 aromatic rings. The molecular weight excluding hydrogens is 320 g/mol. The second-order valence-electron chi connectivity index (χ2n) is 9.40. The average molecular weight is 361 g/mol. The van der Waals surface area contributed by atoms with Gasteiger partial charge in [-0.25, -0.2) is 0 Å². The van der Waals surface area contributed by atoms with Crippen molar-refractivity contribution in [3.8, 4) is 0 Å². The SMILES string of the molecule is CCCCCC=C=C[C@@H](C)C1=CC[C@H]2[C@@H](O[Si](C)(C)C)CCC[C@]12C. The molecule has 0 heterocycles. The van der Waals surface area contributed by atoms with E-state index in [0.29, 0.717) is 23.4 Å². The summed E-state index contributed by atoms with van der Waals surface area (Å²) >= 11 is 0. The first-order chi connectivity index (χ1) is 11.8. The molecule has 2 heteroatoms. The number of unbranched alkanes of at least 4 members (excludes halogenated alkanes) is 3. The van der Waals surface area contributed by atoms with Crippen LogP contribution in [0, 0.1) is 17.3 Å². The van der Waals surface area contributed by atoms with Gasteiger partial charge in [0.25, 0.3) is 0 Å². The fourth-order valence-electron chi connectivity index (χ4n) is 4.91. The summed E-state index contributed by atoms with van der Waals surface area (Å²) in [5.74, 6) is 1.19. The second kappa shape index (κ2) is 8.89. The topological polar surface area (TPSA) is 9.23 Å². The Hall–Kier alpha value is -0.563. The molecule has 0 radical (unpaired) electrons. The third-order valence-corrected chi connectivity index (χ3v) is 7.12. The highest BCUT2D eigenvalue weighted by molar-refractivity contribution is 6.69. The van der Waals surface area contributed by atoms with Gasteiger partial charge in [-0.3, -0.25) is 0 Å². The van der Waals surface area contributed by atoms with Crippen molar-refractivity contribution in [1.29, 1.82) is 0 Å². The highest BCUT2D eigenvalue weighted by Crippen LogP contribution is 2.55.